The molecule has 12 heteroatoms. The van der Waals surface area contributed by atoms with Crippen LogP contribution >= 0.6 is 0 Å². The number of carbonyl (C=O) groups is 1. The number of methoxy groups -OCH3 is 2. The Morgan fingerprint density at radius 3 is 2.20 bits per heavy atom. The van der Waals surface area contributed by atoms with Gasteiger partial charge in [0.1, 0.15) is 5.82 Å². The molecular weight excluding hydrogens is 624 g/mol. The SMILES string of the molecule is CCOc1ccccc1OC(=O)N(c1ccnc(Nc2cc(OC)c(OCCCN3CCN(C)CC3)c(OC)c2)n1)c1c(C)cccc1C. The summed E-state index contributed by atoms with van der Waals surface area (Å²) < 4.78 is 29.2. The van der Waals surface area contributed by atoms with Gasteiger partial charge >= 0.3 is 6.09 Å². The normalized spacial score (nSPS) is 13.4. The molecule has 260 valence electrons. The predicted octanol–water partition coefficient (Wildman–Crippen LogP) is 6.61. The van der Waals surface area contributed by atoms with Crippen LogP contribution in [0.2, 0.25) is 0 Å². The molecule has 0 aliphatic carbocycles. The monoisotopic (exact) mass is 670 g/mol. The van der Waals surface area contributed by atoms with E-state index in [1.807, 2.05) is 45.0 Å². The van der Waals surface area contributed by atoms with E-state index >= 15 is 0 Å². The summed E-state index contributed by atoms with van der Waals surface area (Å²) in [5.74, 6) is 2.88. The van der Waals surface area contributed by atoms with Crippen LogP contribution in [0.1, 0.15) is 24.5 Å². The van der Waals surface area contributed by atoms with Crippen molar-refractivity contribution in [2.75, 3.05) is 77.4 Å². The first-order valence-corrected chi connectivity index (χ1v) is 16.5. The molecule has 1 saturated heterocycles. The third-order valence-electron chi connectivity index (χ3n) is 8.24. The number of carbonyl (C=O) groups excluding carboxylic acids is 1. The second kappa shape index (κ2) is 16.8. The smallest absolute Gasteiger partial charge is 0.425 e. The first-order chi connectivity index (χ1) is 23.8. The third kappa shape index (κ3) is 8.89. The van der Waals surface area contributed by atoms with E-state index in [9.17, 15) is 4.79 Å². The van der Waals surface area contributed by atoms with Crippen LogP contribution in [0.15, 0.2) is 66.9 Å². The fourth-order valence-electron chi connectivity index (χ4n) is 5.70. The van der Waals surface area contributed by atoms with Gasteiger partial charge in [0.2, 0.25) is 11.7 Å². The Hall–Kier alpha value is -5.07. The van der Waals surface area contributed by atoms with E-state index in [0.29, 0.717) is 59.2 Å². The Bertz CT molecular complexity index is 1670. The molecule has 1 N–H and O–H groups in total. The van der Waals surface area contributed by atoms with Crippen LogP contribution in [0.4, 0.5) is 27.9 Å². The number of hydrogen-bond donors (Lipinski definition) is 1. The fourth-order valence-corrected chi connectivity index (χ4v) is 5.70. The van der Waals surface area contributed by atoms with Gasteiger partial charge in [-0.2, -0.15) is 4.98 Å². The molecule has 1 aromatic heterocycles. The number of nitrogens with one attached hydrogen (secondary N) is 1. The maximum absolute atomic E-state index is 14.0. The minimum Gasteiger partial charge on any atom is -0.493 e. The highest BCUT2D eigenvalue weighted by Gasteiger charge is 2.27. The number of nitrogens with zero attached hydrogens (tertiary/aromatic N) is 5. The van der Waals surface area contributed by atoms with Crippen LogP contribution < -0.4 is 33.9 Å². The lowest BCUT2D eigenvalue weighted by Crippen LogP contribution is -2.44. The van der Waals surface area contributed by atoms with E-state index in [-0.39, 0.29) is 5.95 Å². The van der Waals surface area contributed by atoms with Crippen molar-refractivity contribution in [1.82, 2.24) is 19.8 Å². The molecule has 1 aliphatic heterocycles. The zero-order valence-corrected chi connectivity index (χ0v) is 29.2. The third-order valence-corrected chi connectivity index (χ3v) is 8.24. The summed E-state index contributed by atoms with van der Waals surface area (Å²) in [5, 5.41) is 3.24. The molecule has 1 amide bonds. The van der Waals surface area contributed by atoms with E-state index in [1.54, 1.807) is 56.8 Å². The number of benzene rings is 3. The number of aromatic nitrogens is 2. The van der Waals surface area contributed by atoms with Gasteiger partial charge in [0, 0.05) is 62.8 Å². The van der Waals surface area contributed by atoms with E-state index in [2.05, 4.69) is 27.1 Å². The maximum Gasteiger partial charge on any atom is 0.425 e. The molecule has 4 aromatic rings. The van der Waals surface area contributed by atoms with Crippen molar-refractivity contribution in [3.63, 3.8) is 0 Å². The molecule has 2 heterocycles. The number of likely N-dealkylation sites (N-methyl/N-ethyl adjacent to an activating group) is 1. The maximum atomic E-state index is 14.0. The quantitative estimate of drug-likeness (QED) is 0.146. The standard InChI is InChI=1S/C37H46N6O6/c1-7-47-29-14-8-9-15-30(29)49-37(44)43(34-26(2)12-10-13-27(34)3)33-16-17-38-36(40-33)39-28-24-31(45-5)35(32(25-28)46-6)48-23-11-18-42-21-19-41(4)20-22-42/h8-10,12-17,24-25H,7,11,18-23H2,1-6H3,(H,38,39,40). The van der Waals surface area contributed by atoms with Crippen molar-refractivity contribution in [2.24, 2.45) is 0 Å². The molecule has 0 atom stereocenters. The van der Waals surface area contributed by atoms with E-state index in [4.69, 9.17) is 28.7 Å². The number of ether oxygens (including phenoxy) is 5. The molecule has 3 aromatic carbocycles. The van der Waals surface area contributed by atoms with E-state index < -0.39 is 6.09 Å². The molecule has 49 heavy (non-hydrogen) atoms. The van der Waals surface area contributed by atoms with Crippen LogP contribution in [0.25, 0.3) is 0 Å². The van der Waals surface area contributed by atoms with Crippen molar-refractivity contribution in [3.05, 3.63) is 78.0 Å². The zero-order chi connectivity index (χ0) is 34.8. The van der Waals surface area contributed by atoms with Crippen molar-refractivity contribution in [1.29, 1.82) is 0 Å². The van der Waals surface area contributed by atoms with E-state index in [1.165, 1.54) is 4.90 Å². The van der Waals surface area contributed by atoms with Crippen LogP contribution in [0.3, 0.4) is 0 Å². The minimum atomic E-state index is -0.647. The highest BCUT2D eigenvalue weighted by molar-refractivity contribution is 5.98. The summed E-state index contributed by atoms with van der Waals surface area (Å²) in [5.41, 5.74) is 3.01. The lowest BCUT2D eigenvalue weighted by Gasteiger charge is -2.32. The first kappa shape index (κ1) is 35.2. The van der Waals surface area contributed by atoms with Gasteiger partial charge in [-0.25, -0.2) is 14.7 Å². The minimum absolute atomic E-state index is 0.251. The Kier molecular flexibility index (Phi) is 12.1. The molecule has 1 fully saturated rings. The molecule has 5 rings (SSSR count). The summed E-state index contributed by atoms with van der Waals surface area (Å²) in [6.07, 6.45) is 1.82. The number of anilines is 4. The Balaban J connectivity index is 1.37. The lowest BCUT2D eigenvalue weighted by atomic mass is 10.1. The van der Waals surface area contributed by atoms with Gasteiger partial charge in [0.15, 0.2) is 23.0 Å². The number of hydrogen-bond acceptors (Lipinski definition) is 11. The fraction of sp³-hybridized carbons (Fsp3) is 0.378. The Labute approximate surface area is 288 Å². The highest BCUT2D eigenvalue weighted by atomic mass is 16.6. The van der Waals surface area contributed by atoms with Gasteiger partial charge in [0.25, 0.3) is 0 Å². The highest BCUT2D eigenvalue weighted by Crippen LogP contribution is 2.41. The molecule has 0 bridgehead atoms. The van der Waals surface area contributed by atoms with Gasteiger partial charge in [-0.1, -0.05) is 30.3 Å². The zero-order valence-electron chi connectivity index (χ0n) is 29.2. The molecule has 0 unspecified atom stereocenters. The van der Waals surface area contributed by atoms with Crippen molar-refractivity contribution >= 4 is 29.2 Å². The van der Waals surface area contributed by atoms with Gasteiger partial charge in [-0.05, 0) is 57.5 Å². The number of amides is 1. The molecular formula is C37H46N6O6. The summed E-state index contributed by atoms with van der Waals surface area (Å²) in [4.78, 5) is 29.4. The molecule has 0 radical (unpaired) electrons. The van der Waals surface area contributed by atoms with Gasteiger partial charge in [-0.3, -0.25) is 0 Å². The Morgan fingerprint density at radius 1 is 0.878 bits per heavy atom. The largest absolute Gasteiger partial charge is 0.493 e. The summed E-state index contributed by atoms with van der Waals surface area (Å²) >= 11 is 0. The van der Waals surface area contributed by atoms with E-state index in [0.717, 1.165) is 50.3 Å². The van der Waals surface area contributed by atoms with Crippen LogP contribution in [0, 0.1) is 13.8 Å². The Morgan fingerprint density at radius 2 is 1.55 bits per heavy atom. The first-order valence-electron chi connectivity index (χ1n) is 16.5. The molecule has 0 saturated carbocycles. The van der Waals surface area contributed by atoms with Crippen LogP contribution in [0.5, 0.6) is 28.7 Å². The van der Waals surface area contributed by atoms with Crippen molar-refractivity contribution < 1.29 is 28.5 Å². The topological polar surface area (TPSA) is 111 Å². The second-order valence-electron chi connectivity index (χ2n) is 11.7. The van der Waals surface area contributed by atoms with Gasteiger partial charge in [-0.15, -0.1) is 0 Å². The molecule has 1 aliphatic rings. The molecule has 0 spiro atoms. The lowest BCUT2D eigenvalue weighted by molar-refractivity contribution is 0.144. The van der Waals surface area contributed by atoms with Gasteiger partial charge < -0.3 is 38.8 Å². The number of aryl methyl sites for hydroxylation is 2. The average molecular weight is 671 g/mol. The summed E-state index contributed by atoms with van der Waals surface area (Å²) in [6.45, 7) is 12.0. The number of piperazine rings is 1. The van der Waals surface area contributed by atoms with Crippen molar-refractivity contribution in [2.45, 2.75) is 27.2 Å². The summed E-state index contributed by atoms with van der Waals surface area (Å²) in [6, 6.07) is 18.1. The molecule has 12 nitrogen and oxygen atoms in total. The van der Waals surface area contributed by atoms with Gasteiger partial charge in [0.05, 0.1) is 33.1 Å². The number of rotatable bonds is 14. The second-order valence-corrected chi connectivity index (χ2v) is 11.7. The van der Waals surface area contributed by atoms with Crippen LogP contribution in [-0.4, -0.2) is 93.1 Å². The van der Waals surface area contributed by atoms with Crippen LogP contribution in [-0.2, 0) is 0 Å². The number of para-hydroxylation sites is 3. The van der Waals surface area contributed by atoms with Crippen molar-refractivity contribution in [3.8, 4) is 28.7 Å². The summed E-state index contributed by atoms with van der Waals surface area (Å²) in [7, 11) is 5.33. The average Bonchev–Trinajstić information content (AvgIpc) is 3.10. The predicted molar refractivity (Wildman–Crippen MR) is 191 cm³/mol.